The van der Waals surface area contributed by atoms with Crippen LogP contribution < -0.4 is 5.73 Å². The Kier molecular flexibility index (Phi) is 4.95. The molecule has 0 fully saturated rings. The lowest BCUT2D eigenvalue weighted by molar-refractivity contribution is 0.524. The van der Waals surface area contributed by atoms with Crippen molar-refractivity contribution in [3.05, 3.63) is 30.5 Å². The first-order chi connectivity index (χ1) is 9.31. The molecule has 0 amide bonds. The number of unbranched alkanes of at least 4 members (excludes halogenated alkanes) is 4. The van der Waals surface area contributed by atoms with E-state index in [0.717, 1.165) is 29.9 Å². The van der Waals surface area contributed by atoms with Crippen LogP contribution in [0.15, 0.2) is 30.5 Å². The molecule has 4 nitrogen and oxygen atoms in total. The van der Waals surface area contributed by atoms with Gasteiger partial charge in [-0.3, -0.25) is 0 Å². The third-order valence-electron chi connectivity index (χ3n) is 3.27. The summed E-state index contributed by atoms with van der Waals surface area (Å²) < 4.78 is 1.97. The van der Waals surface area contributed by atoms with Gasteiger partial charge in [-0.15, -0.1) is 5.10 Å². The second-order valence-corrected chi connectivity index (χ2v) is 4.88. The Hall–Kier alpha value is -1.84. The van der Waals surface area contributed by atoms with Gasteiger partial charge in [0, 0.05) is 17.8 Å². The molecule has 0 saturated heterocycles. The van der Waals surface area contributed by atoms with Crippen molar-refractivity contribution in [1.82, 2.24) is 15.0 Å². The van der Waals surface area contributed by atoms with Gasteiger partial charge in [0.1, 0.15) is 0 Å². The Morgan fingerprint density at radius 3 is 2.79 bits per heavy atom. The van der Waals surface area contributed by atoms with E-state index in [2.05, 4.69) is 17.2 Å². The molecular formula is C15H22N4. The van der Waals surface area contributed by atoms with Crippen LogP contribution in [-0.4, -0.2) is 15.0 Å². The molecule has 1 aromatic heterocycles. The Labute approximate surface area is 114 Å². The summed E-state index contributed by atoms with van der Waals surface area (Å²) in [7, 11) is 0. The topological polar surface area (TPSA) is 56.7 Å². The predicted molar refractivity (Wildman–Crippen MR) is 78.6 cm³/mol. The van der Waals surface area contributed by atoms with Crippen LogP contribution in [0.25, 0.3) is 11.3 Å². The Morgan fingerprint density at radius 1 is 1.16 bits per heavy atom. The van der Waals surface area contributed by atoms with Crippen molar-refractivity contribution in [2.75, 3.05) is 5.73 Å². The lowest BCUT2D eigenvalue weighted by Crippen LogP contribution is -2.03. The lowest BCUT2D eigenvalue weighted by Gasteiger charge is -2.06. The molecule has 1 aromatic carbocycles. The highest BCUT2D eigenvalue weighted by Crippen LogP contribution is 2.20. The second-order valence-electron chi connectivity index (χ2n) is 4.88. The van der Waals surface area contributed by atoms with Crippen molar-refractivity contribution in [2.24, 2.45) is 0 Å². The van der Waals surface area contributed by atoms with E-state index in [1.54, 1.807) is 6.20 Å². The summed E-state index contributed by atoms with van der Waals surface area (Å²) in [6.07, 6.45) is 8.11. The first kappa shape index (κ1) is 13.6. The standard InChI is InChI=1S/C15H22N4/c1-2-3-4-5-6-10-19-15(12-17-18-19)13-8-7-9-14(16)11-13/h7-9,11-12H,2-6,10,16H2,1H3. The van der Waals surface area contributed by atoms with Crippen molar-refractivity contribution in [2.45, 2.75) is 45.6 Å². The number of nitrogen functional groups attached to an aromatic ring is 1. The number of hydrogen-bond donors (Lipinski definition) is 1. The number of nitrogens with zero attached hydrogens (tertiary/aromatic N) is 3. The summed E-state index contributed by atoms with van der Waals surface area (Å²) in [5, 5.41) is 8.18. The fourth-order valence-corrected chi connectivity index (χ4v) is 2.21. The van der Waals surface area contributed by atoms with Crippen LogP contribution in [0.2, 0.25) is 0 Å². The Morgan fingerprint density at radius 2 is 2.00 bits per heavy atom. The van der Waals surface area contributed by atoms with Crippen molar-refractivity contribution in [3.63, 3.8) is 0 Å². The molecule has 0 aliphatic carbocycles. The highest BCUT2D eigenvalue weighted by atomic mass is 15.4. The summed E-state index contributed by atoms with van der Waals surface area (Å²) in [6.45, 7) is 3.16. The van der Waals surface area contributed by atoms with Gasteiger partial charge in [0.15, 0.2) is 0 Å². The van der Waals surface area contributed by atoms with Gasteiger partial charge < -0.3 is 5.73 Å². The van der Waals surface area contributed by atoms with Crippen LogP contribution in [0.4, 0.5) is 5.69 Å². The molecule has 0 radical (unpaired) electrons. The zero-order valence-electron chi connectivity index (χ0n) is 11.5. The zero-order valence-corrected chi connectivity index (χ0v) is 11.5. The van der Waals surface area contributed by atoms with E-state index in [4.69, 9.17) is 5.73 Å². The summed E-state index contributed by atoms with van der Waals surface area (Å²) in [5.74, 6) is 0. The van der Waals surface area contributed by atoms with Gasteiger partial charge in [0.25, 0.3) is 0 Å². The molecule has 0 bridgehead atoms. The minimum Gasteiger partial charge on any atom is -0.399 e. The average Bonchev–Trinajstić information content (AvgIpc) is 2.87. The van der Waals surface area contributed by atoms with E-state index in [0.29, 0.717) is 0 Å². The monoisotopic (exact) mass is 258 g/mol. The van der Waals surface area contributed by atoms with Crippen LogP contribution in [-0.2, 0) is 6.54 Å². The highest BCUT2D eigenvalue weighted by molar-refractivity contribution is 5.63. The van der Waals surface area contributed by atoms with E-state index >= 15 is 0 Å². The minimum atomic E-state index is 0.771. The molecule has 0 saturated carbocycles. The largest absolute Gasteiger partial charge is 0.399 e. The van der Waals surface area contributed by atoms with Crippen LogP contribution in [0, 0.1) is 0 Å². The number of rotatable bonds is 7. The van der Waals surface area contributed by atoms with Crippen molar-refractivity contribution < 1.29 is 0 Å². The third kappa shape index (κ3) is 3.81. The number of aryl methyl sites for hydroxylation is 1. The van der Waals surface area contributed by atoms with Gasteiger partial charge in [0.2, 0.25) is 0 Å². The summed E-state index contributed by atoms with van der Waals surface area (Å²) in [4.78, 5) is 0. The van der Waals surface area contributed by atoms with Gasteiger partial charge in [-0.1, -0.05) is 50.0 Å². The SMILES string of the molecule is CCCCCCCn1nncc1-c1cccc(N)c1. The van der Waals surface area contributed by atoms with E-state index in [1.165, 1.54) is 25.7 Å². The molecule has 4 heteroatoms. The Balaban J connectivity index is 1.98. The van der Waals surface area contributed by atoms with Crippen molar-refractivity contribution >= 4 is 5.69 Å². The number of nitrogens with two attached hydrogens (primary N) is 1. The van der Waals surface area contributed by atoms with Gasteiger partial charge in [0.05, 0.1) is 11.9 Å². The minimum absolute atomic E-state index is 0.771. The molecule has 2 rings (SSSR count). The summed E-state index contributed by atoms with van der Waals surface area (Å²) in [6, 6.07) is 7.86. The number of benzene rings is 1. The van der Waals surface area contributed by atoms with Crippen LogP contribution in [0.1, 0.15) is 39.0 Å². The zero-order chi connectivity index (χ0) is 13.5. The first-order valence-corrected chi connectivity index (χ1v) is 7.05. The maximum atomic E-state index is 5.82. The fourth-order valence-electron chi connectivity index (χ4n) is 2.21. The average molecular weight is 258 g/mol. The lowest BCUT2D eigenvalue weighted by atomic mass is 10.1. The van der Waals surface area contributed by atoms with Gasteiger partial charge in [-0.2, -0.15) is 0 Å². The molecule has 0 aliphatic rings. The molecule has 102 valence electrons. The number of hydrogen-bond acceptors (Lipinski definition) is 3. The molecule has 2 aromatic rings. The maximum absolute atomic E-state index is 5.82. The van der Waals surface area contributed by atoms with E-state index in [-0.39, 0.29) is 0 Å². The first-order valence-electron chi connectivity index (χ1n) is 7.05. The van der Waals surface area contributed by atoms with Gasteiger partial charge in [-0.25, -0.2) is 4.68 Å². The molecule has 2 N–H and O–H groups in total. The summed E-state index contributed by atoms with van der Waals surface area (Å²) in [5.41, 5.74) is 8.72. The number of aromatic nitrogens is 3. The smallest absolute Gasteiger partial charge is 0.0886 e. The quantitative estimate of drug-likeness (QED) is 0.611. The molecule has 0 atom stereocenters. The van der Waals surface area contributed by atoms with Crippen LogP contribution in [0.3, 0.4) is 0 Å². The molecular weight excluding hydrogens is 236 g/mol. The molecule has 0 unspecified atom stereocenters. The maximum Gasteiger partial charge on any atom is 0.0886 e. The Bertz CT molecular complexity index is 504. The molecule has 0 spiro atoms. The predicted octanol–water partition coefficient (Wildman–Crippen LogP) is 3.50. The highest BCUT2D eigenvalue weighted by Gasteiger charge is 2.06. The number of anilines is 1. The second kappa shape index (κ2) is 6.92. The fraction of sp³-hybridized carbons (Fsp3) is 0.467. The van der Waals surface area contributed by atoms with E-state index < -0.39 is 0 Å². The summed E-state index contributed by atoms with van der Waals surface area (Å²) >= 11 is 0. The van der Waals surface area contributed by atoms with Gasteiger partial charge >= 0.3 is 0 Å². The van der Waals surface area contributed by atoms with Crippen molar-refractivity contribution in [3.8, 4) is 11.3 Å². The third-order valence-corrected chi connectivity index (χ3v) is 3.27. The van der Waals surface area contributed by atoms with E-state index in [9.17, 15) is 0 Å². The van der Waals surface area contributed by atoms with Crippen molar-refractivity contribution in [1.29, 1.82) is 0 Å². The van der Waals surface area contributed by atoms with Crippen LogP contribution >= 0.6 is 0 Å². The molecule has 0 aliphatic heterocycles. The molecule has 1 heterocycles. The normalized spacial score (nSPS) is 10.8. The van der Waals surface area contributed by atoms with Crippen LogP contribution in [0.5, 0.6) is 0 Å². The van der Waals surface area contributed by atoms with Gasteiger partial charge in [-0.05, 0) is 18.6 Å². The molecule has 19 heavy (non-hydrogen) atoms. The van der Waals surface area contributed by atoms with E-state index in [1.807, 2.05) is 28.9 Å².